The van der Waals surface area contributed by atoms with E-state index in [2.05, 4.69) is 9.97 Å². The number of piperidine rings is 1. The van der Waals surface area contributed by atoms with Crippen LogP contribution in [0.4, 0.5) is 4.79 Å². The van der Waals surface area contributed by atoms with Gasteiger partial charge in [0.2, 0.25) is 5.88 Å². The molecule has 2 saturated heterocycles. The van der Waals surface area contributed by atoms with Gasteiger partial charge in [-0.1, -0.05) is 0 Å². The summed E-state index contributed by atoms with van der Waals surface area (Å²) in [6, 6.07) is 0.411. The summed E-state index contributed by atoms with van der Waals surface area (Å²) in [7, 11) is -3.37. The van der Waals surface area contributed by atoms with Gasteiger partial charge in [0.05, 0.1) is 24.6 Å². The molecule has 0 N–H and O–H groups in total. The molecule has 1 saturated carbocycles. The first-order chi connectivity index (χ1) is 15.5. The van der Waals surface area contributed by atoms with Gasteiger partial charge in [-0.15, -0.1) is 0 Å². The molecule has 3 fully saturated rings. The average molecular weight is 482 g/mol. The Morgan fingerprint density at radius 2 is 1.55 bits per heavy atom. The van der Waals surface area contributed by atoms with E-state index in [0.717, 1.165) is 57.6 Å². The monoisotopic (exact) mass is 481 g/mol. The maximum Gasteiger partial charge on any atom is 0.410 e. The van der Waals surface area contributed by atoms with E-state index in [9.17, 15) is 13.2 Å². The number of rotatable bonds is 5. The number of ether oxygens (including phenoxy) is 3. The van der Waals surface area contributed by atoms with Crippen molar-refractivity contribution in [3.63, 3.8) is 0 Å². The van der Waals surface area contributed by atoms with Crippen molar-refractivity contribution in [2.75, 3.05) is 6.26 Å². The van der Waals surface area contributed by atoms with Crippen molar-refractivity contribution < 1.29 is 27.4 Å². The van der Waals surface area contributed by atoms with Crippen molar-refractivity contribution in [2.45, 2.75) is 113 Å². The third-order valence-corrected chi connectivity index (χ3v) is 7.54. The van der Waals surface area contributed by atoms with Crippen LogP contribution in [0.5, 0.6) is 5.88 Å². The van der Waals surface area contributed by atoms with Crippen LogP contribution in [0.1, 0.15) is 72.1 Å². The molecular weight excluding hydrogens is 446 g/mol. The molecule has 33 heavy (non-hydrogen) atoms. The lowest BCUT2D eigenvalue weighted by Crippen LogP contribution is -2.50. The lowest BCUT2D eigenvalue weighted by Gasteiger charge is -2.41. The lowest BCUT2D eigenvalue weighted by molar-refractivity contribution is -0.0815. The molecule has 0 aromatic carbocycles. The predicted octanol–water partition coefficient (Wildman–Crippen LogP) is 3.52. The van der Waals surface area contributed by atoms with Gasteiger partial charge in [0, 0.05) is 18.3 Å². The van der Waals surface area contributed by atoms with Crippen LogP contribution < -0.4 is 4.74 Å². The van der Waals surface area contributed by atoms with Crippen LogP contribution in [0.25, 0.3) is 0 Å². The zero-order valence-corrected chi connectivity index (χ0v) is 20.7. The highest BCUT2D eigenvalue weighted by Crippen LogP contribution is 2.39. The van der Waals surface area contributed by atoms with Crippen molar-refractivity contribution in [2.24, 2.45) is 0 Å². The highest BCUT2D eigenvalue weighted by Gasteiger charge is 2.45. The molecule has 184 valence electrons. The summed E-state index contributed by atoms with van der Waals surface area (Å²) in [4.78, 5) is 22.6. The maximum atomic E-state index is 12.6. The average Bonchev–Trinajstić information content (AvgIpc) is 2.99. The number of fused-ring (bicyclic) bond motifs is 2. The van der Waals surface area contributed by atoms with E-state index in [1.54, 1.807) is 0 Å². The molecule has 9 nitrogen and oxygen atoms in total. The van der Waals surface area contributed by atoms with Crippen molar-refractivity contribution in [1.82, 2.24) is 14.9 Å². The Hall–Kier alpha value is -1.94. The summed E-state index contributed by atoms with van der Waals surface area (Å²) in [5.74, 6) is 0.345. The molecule has 0 radical (unpaired) electrons. The van der Waals surface area contributed by atoms with E-state index in [4.69, 9.17) is 14.2 Å². The fraction of sp³-hybridized carbons (Fsp3) is 0.783. The summed E-state index contributed by atoms with van der Waals surface area (Å²) in [6.45, 7) is 5.71. The van der Waals surface area contributed by atoms with Crippen LogP contribution in [0.2, 0.25) is 0 Å². The van der Waals surface area contributed by atoms with E-state index in [-0.39, 0.29) is 41.5 Å². The minimum atomic E-state index is -3.37. The zero-order chi connectivity index (χ0) is 23.8. The summed E-state index contributed by atoms with van der Waals surface area (Å²) < 4.78 is 41.0. The summed E-state index contributed by atoms with van der Waals surface area (Å²) in [5.41, 5.74) is -0.480. The molecule has 3 aliphatic rings. The molecule has 0 spiro atoms. The topological polar surface area (TPSA) is 108 Å². The second kappa shape index (κ2) is 9.37. The molecule has 3 heterocycles. The minimum Gasteiger partial charge on any atom is -0.473 e. The Morgan fingerprint density at radius 1 is 0.939 bits per heavy atom. The van der Waals surface area contributed by atoms with Gasteiger partial charge in [-0.3, -0.25) is 0 Å². The van der Waals surface area contributed by atoms with Gasteiger partial charge in [-0.2, -0.15) is 0 Å². The molecule has 1 aromatic heterocycles. The SMILES string of the molecule is CC(C)(C)OC(=O)N1[C@H]2CC[C@H]1CC(OC1CCC(Oc3cnc(S(C)(=O)=O)cn3)CC1)C2. The molecule has 0 unspecified atom stereocenters. The number of carbonyl (C=O) groups excluding carboxylic acids is 1. The summed E-state index contributed by atoms with van der Waals surface area (Å²) in [5, 5.41) is -0.0568. The summed E-state index contributed by atoms with van der Waals surface area (Å²) >= 11 is 0. The molecule has 1 aromatic rings. The molecule has 4 rings (SSSR count). The Kier molecular flexibility index (Phi) is 6.87. The highest BCUT2D eigenvalue weighted by molar-refractivity contribution is 7.90. The van der Waals surface area contributed by atoms with Crippen LogP contribution >= 0.6 is 0 Å². The number of carbonyl (C=O) groups is 1. The first kappa shape index (κ1) is 24.2. The second-order valence-corrected chi connectivity index (χ2v) is 12.4. The van der Waals surface area contributed by atoms with E-state index in [1.807, 2.05) is 25.7 Å². The Bertz CT molecular complexity index is 924. The standard InChI is InChI=1S/C23H35N3O6S/c1-23(2,3)32-22(27)26-15-5-6-16(26)12-19(11-15)30-17-7-9-18(10-8-17)31-20-13-25-21(14-24-20)33(4,28)29/h13-19H,5-12H2,1-4H3/t15-,16-,17?,18?/m0/s1. The van der Waals surface area contributed by atoms with E-state index >= 15 is 0 Å². The van der Waals surface area contributed by atoms with Crippen LogP contribution in [0, 0.1) is 0 Å². The van der Waals surface area contributed by atoms with Gasteiger partial charge in [0.1, 0.15) is 11.7 Å². The predicted molar refractivity (Wildman–Crippen MR) is 121 cm³/mol. The van der Waals surface area contributed by atoms with Crippen LogP contribution in [-0.4, -0.2) is 71.6 Å². The van der Waals surface area contributed by atoms with Crippen molar-refractivity contribution in [1.29, 1.82) is 0 Å². The molecule has 1 amide bonds. The number of aromatic nitrogens is 2. The number of hydrogen-bond donors (Lipinski definition) is 0. The maximum absolute atomic E-state index is 12.6. The normalized spacial score (nSPS) is 30.2. The third kappa shape index (κ3) is 6.15. The minimum absolute atomic E-state index is 0.0217. The van der Waals surface area contributed by atoms with Gasteiger partial charge in [-0.25, -0.2) is 23.2 Å². The van der Waals surface area contributed by atoms with Crippen LogP contribution in [0.3, 0.4) is 0 Å². The molecule has 2 atom stereocenters. The largest absolute Gasteiger partial charge is 0.473 e. The summed E-state index contributed by atoms with van der Waals surface area (Å²) in [6.07, 6.45) is 11.2. The number of nitrogens with zero attached hydrogens (tertiary/aromatic N) is 3. The quantitative estimate of drug-likeness (QED) is 0.629. The highest BCUT2D eigenvalue weighted by atomic mass is 32.2. The molecular formula is C23H35N3O6S. The Labute approximate surface area is 196 Å². The van der Waals surface area contributed by atoms with Gasteiger partial charge in [0.15, 0.2) is 14.9 Å². The fourth-order valence-corrected chi connectivity index (χ4v) is 5.63. The Balaban J connectivity index is 1.23. The van der Waals surface area contributed by atoms with Gasteiger partial charge in [0.25, 0.3) is 0 Å². The smallest absolute Gasteiger partial charge is 0.410 e. The van der Waals surface area contributed by atoms with Crippen molar-refractivity contribution >= 4 is 15.9 Å². The molecule has 10 heteroatoms. The fourth-order valence-electron chi connectivity index (χ4n) is 5.14. The third-order valence-electron chi connectivity index (χ3n) is 6.57. The van der Waals surface area contributed by atoms with Crippen molar-refractivity contribution in [3.8, 4) is 5.88 Å². The van der Waals surface area contributed by atoms with Gasteiger partial charge in [-0.05, 0) is 72.1 Å². The molecule has 1 aliphatic carbocycles. The molecule has 2 aliphatic heterocycles. The molecule has 2 bridgehead atoms. The van der Waals surface area contributed by atoms with Gasteiger partial charge >= 0.3 is 6.09 Å². The van der Waals surface area contributed by atoms with Gasteiger partial charge < -0.3 is 19.1 Å². The van der Waals surface area contributed by atoms with E-state index in [1.165, 1.54) is 12.4 Å². The number of hydrogen-bond acceptors (Lipinski definition) is 8. The zero-order valence-electron chi connectivity index (χ0n) is 19.9. The Morgan fingerprint density at radius 3 is 2.06 bits per heavy atom. The van der Waals surface area contributed by atoms with Crippen LogP contribution in [0.15, 0.2) is 17.4 Å². The van der Waals surface area contributed by atoms with E-state index < -0.39 is 15.4 Å². The first-order valence-corrected chi connectivity index (χ1v) is 13.7. The lowest BCUT2D eigenvalue weighted by atomic mass is 9.93. The second-order valence-electron chi connectivity index (χ2n) is 10.5. The van der Waals surface area contributed by atoms with Crippen molar-refractivity contribution in [3.05, 3.63) is 12.4 Å². The first-order valence-electron chi connectivity index (χ1n) is 11.8. The number of sulfone groups is 1. The van der Waals surface area contributed by atoms with E-state index in [0.29, 0.717) is 5.88 Å². The van der Waals surface area contributed by atoms with Crippen LogP contribution in [-0.2, 0) is 19.3 Å². The number of amides is 1.